The van der Waals surface area contributed by atoms with Crippen LogP contribution in [0.15, 0.2) is 82.4 Å². The fourth-order valence-electron chi connectivity index (χ4n) is 4.95. The van der Waals surface area contributed by atoms with E-state index >= 15 is 0 Å². The van der Waals surface area contributed by atoms with Gasteiger partial charge in [-0.25, -0.2) is 19.2 Å². The highest BCUT2D eigenvalue weighted by Gasteiger charge is 2.46. The number of non-ortho nitro benzene ring substituents is 3. The Hall–Kier alpha value is -7.16. The monoisotopic (exact) mass is 720 g/mol. The third kappa shape index (κ3) is 8.16. The van der Waals surface area contributed by atoms with Crippen molar-refractivity contribution in [3.05, 3.63) is 146 Å². The minimum absolute atomic E-state index is 0.118. The summed E-state index contributed by atoms with van der Waals surface area (Å²) in [5.41, 5.74) is -3.42. The molecule has 0 unspecified atom stereocenters. The third-order valence-corrected chi connectivity index (χ3v) is 7.61. The van der Waals surface area contributed by atoms with Crippen LogP contribution in [0.25, 0.3) is 0 Å². The van der Waals surface area contributed by atoms with Crippen LogP contribution in [0.4, 0.5) is 17.1 Å². The number of carbonyl (C=O) groups is 3. The number of carbonyl (C=O) groups excluding carboxylic acids is 3. The number of nitro benzene ring substituents is 3. The summed E-state index contributed by atoms with van der Waals surface area (Å²) in [6.07, 6.45) is -6.59. The zero-order valence-corrected chi connectivity index (χ0v) is 26.5. The zero-order chi connectivity index (χ0) is 37.7. The van der Waals surface area contributed by atoms with Crippen molar-refractivity contribution < 1.29 is 48.1 Å². The molecule has 52 heavy (non-hydrogen) atoms. The van der Waals surface area contributed by atoms with E-state index in [1.807, 2.05) is 0 Å². The molecule has 0 amide bonds. The molecule has 21 heteroatoms. The Balaban J connectivity index is 1.51. The molecule has 5 rings (SSSR count). The summed E-state index contributed by atoms with van der Waals surface area (Å²) < 4.78 is 23.5. The van der Waals surface area contributed by atoms with Gasteiger partial charge in [0.15, 0.2) is 12.3 Å². The van der Waals surface area contributed by atoms with Crippen molar-refractivity contribution in [2.45, 2.75) is 37.9 Å². The Labute approximate surface area is 288 Å². The second-order valence-electron chi connectivity index (χ2n) is 11.0. The number of benzene rings is 3. The summed E-state index contributed by atoms with van der Waals surface area (Å²) in [5.74, 6) is -3.15. The summed E-state index contributed by atoms with van der Waals surface area (Å²) in [7, 11) is 0. The molecule has 4 aromatic rings. The van der Waals surface area contributed by atoms with Crippen LogP contribution in [-0.2, 0) is 18.9 Å². The van der Waals surface area contributed by atoms with Crippen LogP contribution in [0, 0.1) is 37.3 Å². The molecular weight excluding hydrogens is 696 g/mol. The molecule has 1 aliphatic heterocycles. The number of aryl methyl sites for hydroxylation is 1. The van der Waals surface area contributed by atoms with Gasteiger partial charge in [0.05, 0.1) is 31.5 Å². The van der Waals surface area contributed by atoms with Crippen molar-refractivity contribution >= 4 is 35.0 Å². The first-order valence-electron chi connectivity index (χ1n) is 14.9. The van der Waals surface area contributed by atoms with Gasteiger partial charge in [-0.1, -0.05) is 0 Å². The number of hydrogen-bond donors (Lipinski definition) is 1. The van der Waals surface area contributed by atoms with Crippen LogP contribution < -0.4 is 11.2 Å². The number of esters is 3. The first kappa shape index (κ1) is 36.1. The Bertz CT molecular complexity index is 2170. The molecule has 4 atom stereocenters. The molecule has 1 aliphatic rings. The van der Waals surface area contributed by atoms with Crippen LogP contribution in [0.3, 0.4) is 0 Å². The number of nitrogens with zero attached hydrogens (tertiary/aromatic N) is 5. The highest BCUT2D eigenvalue weighted by molar-refractivity contribution is 5.91. The molecule has 1 saturated heterocycles. The number of nitro groups is 3. The molecule has 0 spiro atoms. The lowest BCUT2D eigenvalue weighted by Gasteiger charge is -2.40. The van der Waals surface area contributed by atoms with Gasteiger partial charge in [-0.15, -0.1) is 0 Å². The highest BCUT2D eigenvalue weighted by Crippen LogP contribution is 2.32. The lowest BCUT2D eigenvalue weighted by Crippen LogP contribution is -2.54. The molecule has 268 valence electrons. The second kappa shape index (κ2) is 15.2. The van der Waals surface area contributed by atoms with Crippen LogP contribution >= 0.6 is 0 Å². The van der Waals surface area contributed by atoms with Crippen LogP contribution in [0.1, 0.15) is 49.4 Å². The van der Waals surface area contributed by atoms with Gasteiger partial charge in [0.25, 0.3) is 22.6 Å². The van der Waals surface area contributed by atoms with Crippen molar-refractivity contribution in [2.24, 2.45) is 0 Å². The van der Waals surface area contributed by atoms with Gasteiger partial charge in [-0.3, -0.25) is 40.1 Å². The lowest BCUT2D eigenvalue weighted by atomic mass is 9.99. The van der Waals surface area contributed by atoms with E-state index in [0.29, 0.717) is 0 Å². The largest absolute Gasteiger partial charge is 0.459 e. The van der Waals surface area contributed by atoms with Gasteiger partial charge in [-0.05, 0) is 43.3 Å². The number of rotatable bonds is 11. The van der Waals surface area contributed by atoms with Crippen molar-refractivity contribution in [1.29, 1.82) is 0 Å². The van der Waals surface area contributed by atoms with Gasteiger partial charge < -0.3 is 18.9 Å². The van der Waals surface area contributed by atoms with E-state index in [1.165, 1.54) is 6.92 Å². The summed E-state index contributed by atoms with van der Waals surface area (Å²) in [4.78, 5) is 97.8. The van der Waals surface area contributed by atoms with E-state index in [9.17, 15) is 54.3 Å². The molecule has 1 fully saturated rings. The Kier molecular flexibility index (Phi) is 10.5. The van der Waals surface area contributed by atoms with Crippen molar-refractivity contribution in [3.8, 4) is 0 Å². The second-order valence-corrected chi connectivity index (χ2v) is 11.0. The minimum atomic E-state index is -1.62. The summed E-state index contributed by atoms with van der Waals surface area (Å²) in [6, 6.07) is 12.9. The summed E-state index contributed by atoms with van der Waals surface area (Å²) in [5, 5.41) is 37.2. The molecule has 1 N–H and O–H groups in total. The summed E-state index contributed by atoms with van der Waals surface area (Å²) in [6.45, 7) is 0.551. The SMILES string of the molecule is Cc1nn([C@@H]2C[C@H](OC(=O)c3ccc([N+](=O)[O-])cc3)[C@H](OC(=O)c3ccc([N+](=O)[O-])cc3)[C@@H](COC(=O)c3ccc([N+](=O)[O-])cc3)O2)c(=O)[nH]c1=O. The first-order valence-corrected chi connectivity index (χ1v) is 14.9. The highest BCUT2D eigenvalue weighted by atomic mass is 16.6. The Morgan fingerprint density at radius 1 is 0.769 bits per heavy atom. The standard InChI is InChI=1S/C31H24N6O15/c1-16-27(38)32-31(42)34(33-16)25-14-23(51-29(40)18-4-10-21(11-5-18)36(45)46)26(52-30(41)19-6-12-22(13-7-19)37(47)48)24(50-25)15-49-28(39)17-2-8-20(9-3-17)35(43)44/h2-13,23-26H,14-15H2,1H3,(H,32,38,42)/t23-,24+,25-,26-/m0/s1. The van der Waals surface area contributed by atoms with E-state index in [0.717, 1.165) is 77.5 Å². The predicted molar refractivity (Wildman–Crippen MR) is 170 cm³/mol. The molecule has 2 heterocycles. The van der Waals surface area contributed by atoms with Gasteiger partial charge in [0.1, 0.15) is 24.5 Å². The number of H-pyrrole nitrogens is 1. The quantitative estimate of drug-likeness (QED) is 0.101. The lowest BCUT2D eigenvalue weighted by molar-refractivity contribution is -0.385. The van der Waals surface area contributed by atoms with Crippen molar-refractivity contribution in [3.63, 3.8) is 0 Å². The number of hydrogen-bond acceptors (Lipinski definition) is 16. The minimum Gasteiger partial charge on any atom is -0.459 e. The molecule has 0 radical (unpaired) electrons. The number of aromatic nitrogens is 3. The molecule has 0 saturated carbocycles. The Morgan fingerprint density at radius 3 is 1.67 bits per heavy atom. The maximum Gasteiger partial charge on any atom is 0.347 e. The van der Waals surface area contributed by atoms with E-state index in [4.69, 9.17) is 18.9 Å². The average molecular weight is 721 g/mol. The molecule has 3 aromatic carbocycles. The van der Waals surface area contributed by atoms with Gasteiger partial charge >= 0.3 is 23.6 Å². The molecular formula is C31H24N6O15. The molecule has 0 bridgehead atoms. The first-order chi connectivity index (χ1) is 24.7. The smallest absolute Gasteiger partial charge is 0.347 e. The van der Waals surface area contributed by atoms with E-state index in [-0.39, 0.29) is 39.4 Å². The number of ether oxygens (including phenoxy) is 4. The van der Waals surface area contributed by atoms with Crippen molar-refractivity contribution in [2.75, 3.05) is 6.61 Å². The predicted octanol–water partition coefficient (Wildman–Crippen LogP) is 2.56. The van der Waals surface area contributed by atoms with Crippen LogP contribution in [-0.4, -0.2) is 72.4 Å². The molecule has 21 nitrogen and oxygen atoms in total. The topological polar surface area (TPSA) is 285 Å². The Morgan fingerprint density at radius 2 is 1.21 bits per heavy atom. The van der Waals surface area contributed by atoms with Gasteiger partial charge in [0, 0.05) is 42.8 Å². The van der Waals surface area contributed by atoms with E-state index in [1.54, 1.807) is 0 Å². The van der Waals surface area contributed by atoms with Crippen molar-refractivity contribution in [1.82, 2.24) is 14.8 Å². The maximum atomic E-state index is 13.4. The zero-order valence-electron chi connectivity index (χ0n) is 26.5. The van der Waals surface area contributed by atoms with E-state index < -0.39 is 81.5 Å². The number of aromatic amines is 1. The third-order valence-electron chi connectivity index (χ3n) is 7.61. The fraction of sp³-hybridized carbons (Fsp3) is 0.226. The number of nitrogens with one attached hydrogen (secondary N) is 1. The molecule has 1 aromatic heterocycles. The summed E-state index contributed by atoms with van der Waals surface area (Å²) >= 11 is 0. The van der Waals surface area contributed by atoms with Gasteiger partial charge in [0.2, 0.25) is 0 Å². The average Bonchev–Trinajstić information content (AvgIpc) is 3.12. The van der Waals surface area contributed by atoms with Crippen LogP contribution in [0.2, 0.25) is 0 Å². The normalized spacial score (nSPS) is 18.1. The maximum absolute atomic E-state index is 13.4. The van der Waals surface area contributed by atoms with E-state index in [2.05, 4.69) is 10.1 Å². The molecule has 0 aliphatic carbocycles. The van der Waals surface area contributed by atoms with Crippen LogP contribution in [0.5, 0.6) is 0 Å². The van der Waals surface area contributed by atoms with Gasteiger partial charge in [-0.2, -0.15) is 9.78 Å². The fourth-order valence-corrected chi connectivity index (χ4v) is 4.95.